The van der Waals surface area contributed by atoms with E-state index in [2.05, 4.69) is 22.0 Å². The van der Waals surface area contributed by atoms with E-state index < -0.39 is 21.0 Å². The second-order valence-electron chi connectivity index (χ2n) is 5.20. The Labute approximate surface area is 142 Å². The van der Waals surface area contributed by atoms with E-state index in [0.717, 1.165) is 10.0 Å². The summed E-state index contributed by atoms with van der Waals surface area (Å²) in [6, 6.07) is 15.6. The van der Waals surface area contributed by atoms with E-state index in [1.54, 1.807) is 12.1 Å². The van der Waals surface area contributed by atoms with Crippen molar-refractivity contribution in [2.45, 2.75) is 16.1 Å². The number of nitriles is 1. The molecule has 0 aromatic heterocycles. The summed E-state index contributed by atoms with van der Waals surface area (Å²) in [6.07, 6.45) is 0. The second-order valence-corrected chi connectivity index (χ2v) is 8.65. The number of halogens is 2. The summed E-state index contributed by atoms with van der Waals surface area (Å²) in [4.78, 5) is 0.210. The molecule has 2 aromatic carbocycles. The lowest BCUT2D eigenvalue weighted by molar-refractivity contribution is 0.593. The zero-order valence-electron chi connectivity index (χ0n) is 11.3. The first-order valence-corrected chi connectivity index (χ1v) is 9.31. The molecule has 0 spiro atoms. The van der Waals surface area contributed by atoms with Gasteiger partial charge in [-0.1, -0.05) is 39.7 Å². The van der Waals surface area contributed by atoms with Crippen molar-refractivity contribution in [3.8, 4) is 6.07 Å². The van der Waals surface area contributed by atoms with E-state index in [4.69, 9.17) is 11.6 Å². The highest BCUT2D eigenvalue weighted by atomic mass is 79.9. The van der Waals surface area contributed by atoms with E-state index in [1.807, 2.05) is 24.3 Å². The topological polar surface area (TPSA) is 57.9 Å². The van der Waals surface area contributed by atoms with Gasteiger partial charge in [-0.25, -0.2) is 8.42 Å². The molecule has 0 aliphatic heterocycles. The standard InChI is InChI=1S/C16H11BrClNO2S/c17-11-3-1-10(2-4-11)15-14(9-19)16(15)22(20,21)13-7-5-12(18)6-8-13/h1-8,14-16H/t14-,15+,16+/m1/s1. The Morgan fingerprint density at radius 3 is 2.18 bits per heavy atom. The molecule has 0 heterocycles. The maximum atomic E-state index is 12.7. The predicted octanol–water partition coefficient (Wildman–Crippen LogP) is 4.18. The van der Waals surface area contributed by atoms with Crippen LogP contribution in [0.5, 0.6) is 0 Å². The highest BCUT2D eigenvalue weighted by Crippen LogP contribution is 2.53. The van der Waals surface area contributed by atoms with Crippen LogP contribution in [0.25, 0.3) is 0 Å². The molecule has 3 atom stereocenters. The van der Waals surface area contributed by atoms with Crippen LogP contribution in [0.3, 0.4) is 0 Å². The molecule has 3 rings (SSSR count). The molecule has 1 aliphatic carbocycles. The summed E-state index contributed by atoms with van der Waals surface area (Å²) >= 11 is 9.15. The van der Waals surface area contributed by atoms with Gasteiger partial charge in [0.2, 0.25) is 0 Å². The van der Waals surface area contributed by atoms with Gasteiger partial charge in [-0.15, -0.1) is 0 Å². The Bertz CT molecular complexity index is 841. The van der Waals surface area contributed by atoms with Crippen LogP contribution < -0.4 is 0 Å². The van der Waals surface area contributed by atoms with Gasteiger partial charge in [0.25, 0.3) is 0 Å². The minimum absolute atomic E-state index is 0.210. The van der Waals surface area contributed by atoms with Crippen LogP contribution >= 0.6 is 27.5 Å². The minimum Gasteiger partial charge on any atom is -0.223 e. The molecule has 3 nitrogen and oxygen atoms in total. The second kappa shape index (κ2) is 5.69. The third kappa shape index (κ3) is 2.67. The van der Waals surface area contributed by atoms with Crippen molar-refractivity contribution in [2.75, 3.05) is 0 Å². The first-order valence-electron chi connectivity index (χ1n) is 6.59. The van der Waals surface area contributed by atoms with Crippen LogP contribution in [-0.4, -0.2) is 13.7 Å². The van der Waals surface area contributed by atoms with Gasteiger partial charge in [-0.2, -0.15) is 5.26 Å². The first-order chi connectivity index (χ1) is 10.4. The fourth-order valence-electron chi connectivity index (χ4n) is 2.69. The third-order valence-corrected chi connectivity index (χ3v) is 6.87. The number of sulfone groups is 1. The monoisotopic (exact) mass is 395 g/mol. The Balaban J connectivity index is 1.95. The van der Waals surface area contributed by atoms with E-state index >= 15 is 0 Å². The molecule has 1 aliphatic rings. The molecule has 1 fully saturated rings. The van der Waals surface area contributed by atoms with Gasteiger partial charge in [-0.3, -0.25) is 0 Å². The average Bonchev–Trinajstić information content (AvgIpc) is 3.24. The van der Waals surface area contributed by atoms with Crippen molar-refractivity contribution >= 4 is 37.4 Å². The predicted molar refractivity (Wildman–Crippen MR) is 88.4 cm³/mol. The van der Waals surface area contributed by atoms with Gasteiger partial charge in [0.15, 0.2) is 9.84 Å². The molecule has 1 saturated carbocycles. The lowest BCUT2D eigenvalue weighted by Gasteiger charge is -2.04. The van der Waals surface area contributed by atoms with E-state index in [0.29, 0.717) is 5.02 Å². The number of rotatable bonds is 3. The Morgan fingerprint density at radius 1 is 1.05 bits per heavy atom. The van der Waals surface area contributed by atoms with Gasteiger partial charge < -0.3 is 0 Å². The van der Waals surface area contributed by atoms with E-state index in [-0.39, 0.29) is 10.8 Å². The van der Waals surface area contributed by atoms with Crippen LogP contribution in [0.4, 0.5) is 0 Å². The van der Waals surface area contributed by atoms with Gasteiger partial charge >= 0.3 is 0 Å². The van der Waals surface area contributed by atoms with Crippen LogP contribution in [0.15, 0.2) is 57.9 Å². The van der Waals surface area contributed by atoms with Crippen molar-refractivity contribution < 1.29 is 8.42 Å². The first kappa shape index (κ1) is 15.5. The van der Waals surface area contributed by atoms with Crippen LogP contribution in [-0.2, 0) is 9.84 Å². The normalized spacial score (nSPS) is 23.8. The largest absolute Gasteiger partial charge is 0.223 e. The fourth-order valence-corrected chi connectivity index (χ4v) is 5.14. The quantitative estimate of drug-likeness (QED) is 0.782. The molecular weight excluding hydrogens is 386 g/mol. The molecule has 0 radical (unpaired) electrons. The summed E-state index contributed by atoms with van der Waals surface area (Å²) in [5.41, 5.74) is 0.872. The molecule has 2 aromatic rings. The summed E-state index contributed by atoms with van der Waals surface area (Å²) in [6.45, 7) is 0. The highest BCUT2D eigenvalue weighted by molar-refractivity contribution is 9.10. The summed E-state index contributed by atoms with van der Waals surface area (Å²) in [5.74, 6) is -0.791. The van der Waals surface area contributed by atoms with Crippen molar-refractivity contribution in [2.24, 2.45) is 5.92 Å². The molecule has 0 bridgehead atoms. The van der Waals surface area contributed by atoms with Gasteiger partial charge in [0.1, 0.15) is 0 Å². The maximum absolute atomic E-state index is 12.7. The highest BCUT2D eigenvalue weighted by Gasteiger charge is 2.59. The smallest absolute Gasteiger partial charge is 0.183 e. The number of benzene rings is 2. The maximum Gasteiger partial charge on any atom is 0.183 e. The Hall–Kier alpha value is -1.35. The van der Waals surface area contributed by atoms with Gasteiger partial charge in [0.05, 0.1) is 22.1 Å². The Morgan fingerprint density at radius 2 is 1.64 bits per heavy atom. The van der Waals surface area contributed by atoms with Gasteiger partial charge in [-0.05, 0) is 42.0 Å². The zero-order valence-corrected chi connectivity index (χ0v) is 14.4. The van der Waals surface area contributed by atoms with Crippen LogP contribution in [0.1, 0.15) is 11.5 Å². The van der Waals surface area contributed by atoms with Crippen molar-refractivity contribution in [3.05, 3.63) is 63.6 Å². The van der Waals surface area contributed by atoms with E-state index in [9.17, 15) is 13.7 Å². The summed E-state index contributed by atoms with van der Waals surface area (Å²) in [7, 11) is -3.54. The molecule has 6 heteroatoms. The average molecular weight is 397 g/mol. The van der Waals surface area contributed by atoms with Crippen LogP contribution in [0, 0.1) is 17.2 Å². The molecule has 22 heavy (non-hydrogen) atoms. The molecule has 0 N–H and O–H groups in total. The summed E-state index contributed by atoms with van der Waals surface area (Å²) in [5, 5.41) is 9.06. The number of hydrogen-bond donors (Lipinski definition) is 0. The number of hydrogen-bond acceptors (Lipinski definition) is 3. The SMILES string of the molecule is N#C[C@@H]1[C@H](c2ccc(Br)cc2)[C@H]1S(=O)(=O)c1ccc(Cl)cc1. The molecule has 112 valence electrons. The molecular formula is C16H11BrClNO2S. The van der Waals surface area contributed by atoms with E-state index in [1.165, 1.54) is 12.1 Å². The van der Waals surface area contributed by atoms with Crippen molar-refractivity contribution in [3.63, 3.8) is 0 Å². The molecule has 0 saturated heterocycles. The lowest BCUT2D eigenvalue weighted by atomic mass is 10.1. The van der Waals surface area contributed by atoms with Crippen molar-refractivity contribution in [1.82, 2.24) is 0 Å². The number of nitrogens with zero attached hydrogens (tertiary/aromatic N) is 1. The zero-order chi connectivity index (χ0) is 15.9. The summed E-state index contributed by atoms with van der Waals surface area (Å²) < 4.78 is 26.4. The van der Waals surface area contributed by atoms with Gasteiger partial charge in [0, 0.05) is 15.4 Å². The third-order valence-electron chi connectivity index (χ3n) is 3.86. The lowest BCUT2D eigenvalue weighted by Crippen LogP contribution is -2.10. The molecule has 0 unspecified atom stereocenters. The Kier molecular flexibility index (Phi) is 4.02. The molecule has 0 amide bonds. The fraction of sp³-hybridized carbons (Fsp3) is 0.188. The van der Waals surface area contributed by atoms with Crippen LogP contribution in [0.2, 0.25) is 5.02 Å². The van der Waals surface area contributed by atoms with Crippen molar-refractivity contribution in [1.29, 1.82) is 5.26 Å². The minimum atomic E-state index is -3.54.